The molecule has 1 aliphatic heterocycles. The molecular weight excluding hydrogens is 234 g/mol. The maximum atomic E-state index is 12.1. The van der Waals surface area contributed by atoms with Crippen molar-refractivity contribution in [2.24, 2.45) is 7.05 Å². The molecule has 1 aliphatic carbocycles. The number of nitrogens with one attached hydrogen (secondary N) is 2. The zero-order valence-corrected chi connectivity index (χ0v) is 10.1. The van der Waals surface area contributed by atoms with Crippen LogP contribution in [0.3, 0.4) is 0 Å². The van der Waals surface area contributed by atoms with Gasteiger partial charge in [-0.2, -0.15) is 0 Å². The van der Waals surface area contributed by atoms with Crippen LogP contribution in [-0.2, 0) is 11.8 Å². The fraction of sp³-hybridized carbons (Fsp3) is 0.500. The van der Waals surface area contributed by atoms with Gasteiger partial charge in [0, 0.05) is 13.2 Å². The molecule has 3 rings (SSSR count). The number of aromatic carboxylic acids is 1. The summed E-state index contributed by atoms with van der Waals surface area (Å²) in [6.07, 6.45) is 5.12. The SMILES string of the molecule is Cn1cc2c(c1C(=O)O)NC1(CCCC1)C(=O)N2. The van der Waals surface area contributed by atoms with Crippen molar-refractivity contribution in [3.8, 4) is 0 Å². The number of carbonyl (C=O) groups is 2. The van der Waals surface area contributed by atoms with Crippen molar-refractivity contribution in [2.45, 2.75) is 31.2 Å². The van der Waals surface area contributed by atoms with Crippen LogP contribution in [-0.4, -0.2) is 27.1 Å². The molecular formula is C12H15N3O3. The van der Waals surface area contributed by atoms with Crippen molar-refractivity contribution in [1.29, 1.82) is 0 Å². The standard InChI is InChI=1S/C12H15N3O3/c1-15-6-7-8(9(15)10(16)17)14-12(11(18)13-7)4-2-3-5-12/h6,14H,2-5H2,1H3,(H,13,18)(H,16,17). The lowest BCUT2D eigenvalue weighted by Gasteiger charge is -2.34. The summed E-state index contributed by atoms with van der Waals surface area (Å²) in [6, 6.07) is 0. The Kier molecular flexibility index (Phi) is 2.17. The summed E-state index contributed by atoms with van der Waals surface area (Å²) in [4.78, 5) is 23.4. The number of carboxylic acid groups (broad SMARTS) is 1. The largest absolute Gasteiger partial charge is 0.477 e. The second-order valence-electron chi connectivity index (χ2n) is 5.05. The number of hydrogen-bond acceptors (Lipinski definition) is 3. The molecule has 0 unspecified atom stereocenters. The van der Waals surface area contributed by atoms with Gasteiger partial charge in [0.05, 0.1) is 11.4 Å². The Labute approximate surface area is 104 Å². The molecule has 6 heteroatoms. The number of aromatic nitrogens is 1. The third-order valence-corrected chi connectivity index (χ3v) is 3.89. The van der Waals surface area contributed by atoms with E-state index >= 15 is 0 Å². The number of nitrogens with zero attached hydrogens (tertiary/aromatic N) is 1. The zero-order chi connectivity index (χ0) is 12.9. The lowest BCUT2D eigenvalue weighted by Crippen LogP contribution is -2.50. The highest BCUT2D eigenvalue weighted by atomic mass is 16.4. The van der Waals surface area contributed by atoms with Crippen molar-refractivity contribution >= 4 is 23.3 Å². The highest BCUT2D eigenvalue weighted by molar-refractivity contribution is 6.10. The number of carboxylic acids is 1. The molecule has 18 heavy (non-hydrogen) atoms. The summed E-state index contributed by atoms with van der Waals surface area (Å²) in [5.41, 5.74) is 0.665. The van der Waals surface area contributed by atoms with E-state index in [0.29, 0.717) is 11.4 Å². The topological polar surface area (TPSA) is 83.4 Å². The van der Waals surface area contributed by atoms with Crippen LogP contribution in [0, 0.1) is 0 Å². The van der Waals surface area contributed by atoms with E-state index in [1.165, 1.54) is 4.57 Å². The Hall–Kier alpha value is -1.98. The highest BCUT2D eigenvalue weighted by Crippen LogP contribution is 2.42. The van der Waals surface area contributed by atoms with Gasteiger partial charge in [0.15, 0.2) is 5.69 Å². The van der Waals surface area contributed by atoms with Gasteiger partial charge < -0.3 is 20.3 Å². The lowest BCUT2D eigenvalue weighted by molar-refractivity contribution is -0.120. The van der Waals surface area contributed by atoms with E-state index in [1.807, 2.05) is 0 Å². The van der Waals surface area contributed by atoms with Gasteiger partial charge in [-0.05, 0) is 12.8 Å². The molecule has 3 N–H and O–H groups in total. The molecule has 0 saturated heterocycles. The number of aryl methyl sites for hydroxylation is 1. The number of fused-ring (bicyclic) bond motifs is 1. The number of carbonyl (C=O) groups excluding carboxylic acids is 1. The minimum atomic E-state index is -0.990. The third-order valence-electron chi connectivity index (χ3n) is 3.89. The number of amides is 1. The molecule has 1 saturated carbocycles. The van der Waals surface area contributed by atoms with E-state index in [9.17, 15) is 14.7 Å². The quantitative estimate of drug-likeness (QED) is 0.702. The molecule has 0 aromatic carbocycles. The Morgan fingerprint density at radius 3 is 2.72 bits per heavy atom. The molecule has 1 aromatic heterocycles. The Morgan fingerprint density at radius 1 is 1.44 bits per heavy atom. The van der Waals surface area contributed by atoms with E-state index in [1.54, 1.807) is 13.2 Å². The van der Waals surface area contributed by atoms with E-state index in [-0.39, 0.29) is 11.6 Å². The van der Waals surface area contributed by atoms with Gasteiger partial charge in [0.2, 0.25) is 5.91 Å². The number of rotatable bonds is 1. The van der Waals surface area contributed by atoms with Crippen LogP contribution in [0.15, 0.2) is 6.20 Å². The summed E-state index contributed by atoms with van der Waals surface area (Å²) in [5, 5.41) is 15.2. The Bertz CT molecular complexity index is 541. The fourth-order valence-corrected chi connectivity index (χ4v) is 2.97. The number of anilines is 2. The predicted molar refractivity (Wildman–Crippen MR) is 65.8 cm³/mol. The van der Waals surface area contributed by atoms with Crippen molar-refractivity contribution in [3.05, 3.63) is 11.9 Å². The molecule has 0 bridgehead atoms. The van der Waals surface area contributed by atoms with E-state index in [0.717, 1.165) is 25.7 Å². The molecule has 1 spiro atoms. The van der Waals surface area contributed by atoms with E-state index < -0.39 is 11.5 Å². The second kappa shape index (κ2) is 3.51. The molecule has 96 valence electrons. The smallest absolute Gasteiger partial charge is 0.354 e. The van der Waals surface area contributed by atoms with Crippen molar-refractivity contribution in [2.75, 3.05) is 10.6 Å². The third kappa shape index (κ3) is 1.35. The van der Waals surface area contributed by atoms with Crippen LogP contribution in [0.4, 0.5) is 11.4 Å². The van der Waals surface area contributed by atoms with Gasteiger partial charge in [-0.1, -0.05) is 12.8 Å². The molecule has 1 fully saturated rings. The zero-order valence-electron chi connectivity index (χ0n) is 10.1. The lowest BCUT2D eigenvalue weighted by atomic mass is 9.93. The van der Waals surface area contributed by atoms with Crippen LogP contribution in [0.25, 0.3) is 0 Å². The summed E-state index contributed by atoms with van der Waals surface area (Å²) >= 11 is 0. The van der Waals surface area contributed by atoms with Gasteiger partial charge in [-0.3, -0.25) is 4.79 Å². The maximum absolute atomic E-state index is 12.1. The predicted octanol–water partition coefficient (Wildman–Crippen LogP) is 1.40. The van der Waals surface area contributed by atoms with Gasteiger partial charge in [-0.25, -0.2) is 4.79 Å². The second-order valence-corrected chi connectivity index (χ2v) is 5.05. The summed E-state index contributed by atoms with van der Waals surface area (Å²) in [7, 11) is 1.66. The molecule has 1 aromatic rings. The van der Waals surface area contributed by atoms with Crippen LogP contribution < -0.4 is 10.6 Å². The average molecular weight is 249 g/mol. The molecule has 1 amide bonds. The van der Waals surface area contributed by atoms with Crippen molar-refractivity contribution in [3.63, 3.8) is 0 Å². The van der Waals surface area contributed by atoms with Gasteiger partial charge in [0.25, 0.3) is 0 Å². The summed E-state index contributed by atoms with van der Waals surface area (Å²) in [5.74, 6) is -1.04. The maximum Gasteiger partial charge on any atom is 0.354 e. The van der Waals surface area contributed by atoms with Crippen molar-refractivity contribution in [1.82, 2.24) is 4.57 Å². The first-order valence-electron chi connectivity index (χ1n) is 6.06. The molecule has 6 nitrogen and oxygen atoms in total. The normalized spacial score (nSPS) is 20.4. The van der Waals surface area contributed by atoms with Crippen LogP contribution in [0.2, 0.25) is 0 Å². The van der Waals surface area contributed by atoms with E-state index in [4.69, 9.17) is 0 Å². The summed E-state index contributed by atoms with van der Waals surface area (Å²) < 4.78 is 1.52. The Balaban J connectivity index is 2.09. The summed E-state index contributed by atoms with van der Waals surface area (Å²) in [6.45, 7) is 0. The minimum Gasteiger partial charge on any atom is -0.477 e. The van der Waals surface area contributed by atoms with Crippen LogP contribution in [0.1, 0.15) is 36.2 Å². The molecule has 2 heterocycles. The minimum absolute atomic E-state index is 0.0463. The molecule has 2 aliphatic rings. The van der Waals surface area contributed by atoms with Crippen LogP contribution >= 0.6 is 0 Å². The van der Waals surface area contributed by atoms with Gasteiger partial charge in [-0.15, -0.1) is 0 Å². The first-order chi connectivity index (χ1) is 8.53. The highest BCUT2D eigenvalue weighted by Gasteiger charge is 2.45. The Morgan fingerprint density at radius 2 is 2.11 bits per heavy atom. The monoisotopic (exact) mass is 249 g/mol. The first-order valence-corrected chi connectivity index (χ1v) is 6.06. The number of hydrogen-bond donors (Lipinski definition) is 3. The van der Waals surface area contributed by atoms with E-state index in [2.05, 4.69) is 10.6 Å². The van der Waals surface area contributed by atoms with Gasteiger partial charge >= 0.3 is 5.97 Å². The molecule has 0 radical (unpaired) electrons. The first kappa shape index (κ1) is 11.1. The van der Waals surface area contributed by atoms with Crippen molar-refractivity contribution < 1.29 is 14.7 Å². The fourth-order valence-electron chi connectivity index (χ4n) is 2.97. The average Bonchev–Trinajstić information content (AvgIpc) is 2.85. The van der Waals surface area contributed by atoms with Crippen LogP contribution in [0.5, 0.6) is 0 Å². The molecule has 0 atom stereocenters. The van der Waals surface area contributed by atoms with Gasteiger partial charge in [0.1, 0.15) is 5.54 Å².